The monoisotopic (exact) mass is 734 g/mol. The number of hydrogen-bond donors (Lipinski definition) is 4. The first-order valence-electron chi connectivity index (χ1n) is 14.6. The Labute approximate surface area is 271 Å². The van der Waals surface area contributed by atoms with Crippen LogP contribution in [0, 0.1) is 6.92 Å². The minimum atomic E-state index is -3.55. The van der Waals surface area contributed by atoms with Crippen molar-refractivity contribution in [3.63, 3.8) is 0 Å². The number of hydrogen-bond acceptors (Lipinski definition) is 9. The summed E-state index contributed by atoms with van der Waals surface area (Å²) in [6.45, 7) is 11.6. The summed E-state index contributed by atoms with van der Waals surface area (Å²) in [5, 5.41) is 9.74. The molecule has 3 heterocycles. The molecule has 1 saturated heterocycles. The molecule has 9 nitrogen and oxygen atoms in total. The van der Waals surface area contributed by atoms with Crippen molar-refractivity contribution in [1.29, 1.82) is 0 Å². The van der Waals surface area contributed by atoms with E-state index in [0.29, 0.717) is 29.7 Å². The third kappa shape index (κ3) is 6.68. The van der Waals surface area contributed by atoms with Gasteiger partial charge in [-0.3, -0.25) is 9.66 Å². The number of piperidine rings is 1. The Hall–Kier alpha value is -2.38. The maximum absolute atomic E-state index is 13.2. The fraction of sp³-hybridized carbons (Fsp3) is 0.452. The summed E-state index contributed by atoms with van der Waals surface area (Å²) in [5.41, 5.74) is 12.0. The van der Waals surface area contributed by atoms with E-state index >= 15 is 0 Å². The molecule has 0 aliphatic carbocycles. The number of anilines is 2. The molecule has 0 bridgehead atoms. The van der Waals surface area contributed by atoms with Gasteiger partial charge in [0.2, 0.25) is 0 Å². The zero-order chi connectivity index (χ0) is 31.1. The fourth-order valence-corrected chi connectivity index (χ4v) is 7.69. The SMILES string of the molecule is Cc1cc(NC2=CC3=C(Nc4ccccc4S(=O)(=O)C(C)C)N(Br)C(N)(Br)CC3=N2)c(OC(C)C)cc1C1CCNCC1. The molecule has 2 aromatic rings. The number of para-hydroxylation sites is 1. The topological polar surface area (TPSA) is 121 Å². The van der Waals surface area contributed by atoms with Gasteiger partial charge < -0.3 is 20.7 Å². The van der Waals surface area contributed by atoms with E-state index in [2.05, 4.69) is 67.1 Å². The van der Waals surface area contributed by atoms with Crippen LogP contribution < -0.4 is 26.4 Å². The Balaban J connectivity index is 1.53. The lowest BCUT2D eigenvalue weighted by Gasteiger charge is -2.39. The zero-order valence-corrected chi connectivity index (χ0v) is 29.2. The number of nitrogens with one attached hydrogen (secondary N) is 3. The normalized spacial score (nSPS) is 21.2. The molecule has 0 aromatic heterocycles. The summed E-state index contributed by atoms with van der Waals surface area (Å²) < 4.78 is 33.3. The van der Waals surface area contributed by atoms with Gasteiger partial charge in [-0.25, -0.2) is 13.4 Å². The van der Waals surface area contributed by atoms with Gasteiger partial charge >= 0.3 is 0 Å². The van der Waals surface area contributed by atoms with Crippen molar-refractivity contribution in [1.82, 2.24) is 9.24 Å². The van der Waals surface area contributed by atoms with Gasteiger partial charge in [0.1, 0.15) is 17.4 Å². The highest BCUT2D eigenvalue weighted by atomic mass is 79.9. The predicted molar refractivity (Wildman–Crippen MR) is 182 cm³/mol. The summed E-state index contributed by atoms with van der Waals surface area (Å²) in [4.78, 5) is 5.14. The van der Waals surface area contributed by atoms with Crippen LogP contribution in [0.4, 0.5) is 11.4 Å². The lowest BCUT2D eigenvalue weighted by atomic mass is 9.87. The summed E-state index contributed by atoms with van der Waals surface area (Å²) in [5.74, 6) is 2.51. The summed E-state index contributed by atoms with van der Waals surface area (Å²) in [6.07, 6.45) is 4.56. The summed E-state index contributed by atoms with van der Waals surface area (Å²) >= 11 is 7.24. The van der Waals surface area contributed by atoms with Gasteiger partial charge in [-0.05, 0) is 124 Å². The third-order valence-corrected chi connectivity index (χ3v) is 12.2. The molecule has 1 atom stereocenters. The van der Waals surface area contributed by atoms with E-state index in [1.165, 1.54) is 11.1 Å². The van der Waals surface area contributed by atoms with E-state index in [1.807, 2.05) is 19.9 Å². The standard InChI is InChI=1S/C31H40Br2N6O3S/c1-18(2)42-27-15-22(21-10-12-35-13-11-21)20(5)14-25(27)36-29-16-23-26(37-29)17-31(32,34)39(33)30(23)38-24-8-6-7-9-28(24)43(40,41)19(3)4/h6-9,14-16,18-19,21,35-36,38H,10-13,17,34H2,1-5H3. The van der Waals surface area contributed by atoms with Crippen LogP contribution in [-0.2, 0) is 9.84 Å². The van der Waals surface area contributed by atoms with Gasteiger partial charge in [-0.15, -0.1) is 0 Å². The molecule has 5 rings (SSSR count). The molecule has 0 spiro atoms. The summed E-state index contributed by atoms with van der Waals surface area (Å²) in [6, 6.07) is 11.2. The number of nitrogens with two attached hydrogens (primary N) is 1. The van der Waals surface area contributed by atoms with E-state index in [1.54, 1.807) is 42.0 Å². The number of benzene rings is 2. The number of aryl methyl sites for hydroxylation is 1. The highest BCUT2D eigenvalue weighted by Gasteiger charge is 2.41. The van der Waals surface area contributed by atoms with Gasteiger partial charge in [-0.1, -0.05) is 12.1 Å². The molecular formula is C31H40Br2N6O3S. The molecule has 0 saturated carbocycles. The maximum Gasteiger partial charge on any atom is 0.182 e. The number of ether oxygens (including phenoxy) is 1. The average Bonchev–Trinajstić information content (AvgIpc) is 3.34. The number of halogens is 2. The van der Waals surface area contributed by atoms with Crippen molar-refractivity contribution in [3.8, 4) is 5.75 Å². The van der Waals surface area contributed by atoms with Crippen LogP contribution in [0.3, 0.4) is 0 Å². The first-order chi connectivity index (χ1) is 20.3. The van der Waals surface area contributed by atoms with Crippen LogP contribution in [0.2, 0.25) is 0 Å². The highest BCUT2D eigenvalue weighted by Crippen LogP contribution is 2.42. The third-order valence-electron chi connectivity index (χ3n) is 7.88. The molecule has 43 heavy (non-hydrogen) atoms. The van der Waals surface area contributed by atoms with Crippen molar-refractivity contribution in [2.24, 2.45) is 10.7 Å². The van der Waals surface area contributed by atoms with Crippen LogP contribution >= 0.6 is 32.1 Å². The van der Waals surface area contributed by atoms with E-state index in [4.69, 9.17) is 15.5 Å². The average molecular weight is 737 g/mol. The molecule has 1 fully saturated rings. The van der Waals surface area contributed by atoms with Gasteiger partial charge in [0.25, 0.3) is 0 Å². The number of sulfone groups is 1. The largest absolute Gasteiger partial charge is 0.489 e. The maximum atomic E-state index is 13.2. The van der Waals surface area contributed by atoms with Crippen molar-refractivity contribution in [3.05, 3.63) is 70.8 Å². The minimum Gasteiger partial charge on any atom is -0.489 e. The number of allylic oxidation sites excluding steroid dienone is 2. The Morgan fingerprint density at radius 3 is 2.49 bits per heavy atom. The van der Waals surface area contributed by atoms with Crippen molar-refractivity contribution < 1.29 is 13.2 Å². The van der Waals surface area contributed by atoms with Crippen molar-refractivity contribution >= 4 is 59.0 Å². The zero-order valence-electron chi connectivity index (χ0n) is 25.2. The Morgan fingerprint density at radius 1 is 1.12 bits per heavy atom. The number of rotatable bonds is 9. The Bertz CT molecular complexity index is 1590. The lowest BCUT2D eigenvalue weighted by Crippen LogP contribution is -2.51. The second-order valence-corrected chi connectivity index (χ2v) is 16.4. The van der Waals surface area contributed by atoms with Gasteiger partial charge in [0.05, 0.1) is 49.5 Å². The first-order valence-corrected chi connectivity index (χ1v) is 17.7. The van der Waals surface area contributed by atoms with Gasteiger partial charge in [-0.2, -0.15) is 0 Å². The Morgan fingerprint density at radius 2 is 1.81 bits per heavy atom. The summed E-state index contributed by atoms with van der Waals surface area (Å²) in [7, 11) is -3.55. The molecular weight excluding hydrogens is 696 g/mol. The molecule has 0 amide bonds. The minimum absolute atomic E-state index is 0.00415. The number of fused-ring (bicyclic) bond motifs is 1. The van der Waals surface area contributed by atoms with E-state index < -0.39 is 19.7 Å². The van der Waals surface area contributed by atoms with Crippen molar-refractivity contribution in [2.75, 3.05) is 23.7 Å². The Kier molecular flexibility index (Phi) is 9.35. The molecule has 3 aliphatic heterocycles. The first kappa shape index (κ1) is 32.0. The second-order valence-electron chi connectivity index (χ2n) is 11.9. The number of nitrogens with zero attached hydrogens (tertiary/aromatic N) is 2. The van der Waals surface area contributed by atoms with Gasteiger partial charge in [0.15, 0.2) is 14.4 Å². The van der Waals surface area contributed by atoms with Crippen LogP contribution in [0.25, 0.3) is 0 Å². The van der Waals surface area contributed by atoms with E-state index in [0.717, 1.165) is 48.7 Å². The van der Waals surface area contributed by atoms with E-state index in [-0.39, 0.29) is 11.0 Å². The number of alkyl halides is 1. The predicted octanol–water partition coefficient (Wildman–Crippen LogP) is 6.49. The molecule has 5 N–H and O–H groups in total. The molecule has 3 aliphatic rings. The van der Waals surface area contributed by atoms with Crippen molar-refractivity contribution in [2.45, 2.75) is 80.6 Å². The number of aliphatic imine (C=N–C) groups is 1. The van der Waals surface area contributed by atoms with Crippen LogP contribution in [0.5, 0.6) is 5.75 Å². The fourth-order valence-electron chi connectivity index (χ4n) is 5.64. The second kappa shape index (κ2) is 12.5. The van der Waals surface area contributed by atoms with Gasteiger partial charge in [0, 0.05) is 12.0 Å². The van der Waals surface area contributed by atoms with Crippen LogP contribution in [0.1, 0.15) is 64.0 Å². The van der Waals surface area contributed by atoms with Crippen LogP contribution in [-0.4, -0.2) is 47.1 Å². The van der Waals surface area contributed by atoms with Crippen LogP contribution in [0.15, 0.2) is 69.6 Å². The molecule has 0 radical (unpaired) electrons. The molecule has 2 aromatic carbocycles. The quantitative estimate of drug-likeness (QED) is 0.131. The highest BCUT2D eigenvalue weighted by molar-refractivity contribution is 9.11. The lowest BCUT2D eigenvalue weighted by molar-refractivity contribution is 0.243. The molecule has 232 valence electrons. The molecule has 1 unspecified atom stereocenters. The molecule has 12 heteroatoms. The smallest absolute Gasteiger partial charge is 0.182 e. The van der Waals surface area contributed by atoms with E-state index in [9.17, 15) is 8.42 Å².